The van der Waals surface area contributed by atoms with Crippen molar-refractivity contribution in [3.8, 4) is 5.69 Å². The van der Waals surface area contributed by atoms with Crippen LogP contribution >= 0.6 is 0 Å². The number of pyridine rings is 1. The Labute approximate surface area is 154 Å². The zero-order valence-electron chi connectivity index (χ0n) is 14.7. The van der Waals surface area contributed by atoms with E-state index >= 15 is 0 Å². The van der Waals surface area contributed by atoms with Gasteiger partial charge in [0.1, 0.15) is 11.9 Å². The fourth-order valence-corrected chi connectivity index (χ4v) is 3.32. The van der Waals surface area contributed by atoms with E-state index in [2.05, 4.69) is 15.4 Å². The number of nitrogens with zero attached hydrogens (tertiary/aromatic N) is 4. The highest BCUT2D eigenvalue weighted by Gasteiger charge is 2.42. The highest BCUT2D eigenvalue weighted by Crippen LogP contribution is 2.31. The van der Waals surface area contributed by atoms with Gasteiger partial charge in [0.25, 0.3) is 5.91 Å². The van der Waals surface area contributed by atoms with Crippen LogP contribution in [0, 0.1) is 19.7 Å². The number of carbonyl (C=O) groups excluding carboxylic acids is 2. The molecule has 1 N–H and O–H groups in total. The number of amides is 3. The number of benzene rings is 1. The second-order valence-corrected chi connectivity index (χ2v) is 6.23. The van der Waals surface area contributed by atoms with Gasteiger partial charge in [-0.3, -0.25) is 9.78 Å². The maximum atomic E-state index is 13.2. The van der Waals surface area contributed by atoms with E-state index in [1.807, 2.05) is 6.92 Å². The van der Waals surface area contributed by atoms with E-state index in [1.54, 1.807) is 35.9 Å². The fourth-order valence-electron chi connectivity index (χ4n) is 3.32. The normalized spacial score (nSPS) is 16.7. The van der Waals surface area contributed by atoms with Crippen molar-refractivity contribution in [1.82, 2.24) is 20.1 Å². The van der Waals surface area contributed by atoms with Crippen molar-refractivity contribution >= 4 is 17.6 Å². The second kappa shape index (κ2) is 6.31. The van der Waals surface area contributed by atoms with Gasteiger partial charge in [0.05, 0.1) is 17.1 Å². The van der Waals surface area contributed by atoms with E-state index in [0.29, 0.717) is 28.3 Å². The van der Waals surface area contributed by atoms with Crippen molar-refractivity contribution in [2.75, 3.05) is 4.90 Å². The van der Waals surface area contributed by atoms with Crippen molar-refractivity contribution in [3.05, 3.63) is 71.6 Å². The average molecular weight is 365 g/mol. The number of aromatic nitrogens is 3. The number of nitrogens with one attached hydrogen (secondary N) is 1. The third kappa shape index (κ3) is 2.75. The third-order valence-electron chi connectivity index (χ3n) is 4.57. The predicted molar refractivity (Wildman–Crippen MR) is 96.0 cm³/mol. The standard InChI is InChI=1S/C19H16FN5O2/c1-11-16(12(2)25(23-11)15-5-3-13(20)4-6-15)17-18(26)24(19(27)22-17)14-7-9-21-10-8-14/h3-10,17H,1-2H3,(H,22,27)/t17-/m0/s1. The first-order valence-electron chi connectivity index (χ1n) is 8.34. The van der Waals surface area contributed by atoms with Crippen molar-refractivity contribution in [1.29, 1.82) is 0 Å². The Balaban J connectivity index is 1.73. The molecular formula is C19H16FN5O2. The summed E-state index contributed by atoms with van der Waals surface area (Å²) in [5.41, 5.74) is 3.08. The van der Waals surface area contributed by atoms with Gasteiger partial charge in [-0.1, -0.05) is 0 Å². The van der Waals surface area contributed by atoms with E-state index in [-0.39, 0.29) is 11.7 Å². The van der Waals surface area contributed by atoms with Crippen molar-refractivity contribution in [2.45, 2.75) is 19.9 Å². The lowest BCUT2D eigenvalue weighted by Crippen LogP contribution is -2.30. The van der Waals surface area contributed by atoms with E-state index in [1.165, 1.54) is 24.5 Å². The molecule has 1 fully saturated rings. The van der Waals surface area contributed by atoms with Gasteiger partial charge in [-0.15, -0.1) is 0 Å². The zero-order chi connectivity index (χ0) is 19.1. The fraction of sp³-hybridized carbons (Fsp3) is 0.158. The molecule has 0 aliphatic carbocycles. The maximum absolute atomic E-state index is 13.2. The number of halogens is 1. The number of carbonyl (C=O) groups is 2. The zero-order valence-corrected chi connectivity index (χ0v) is 14.7. The summed E-state index contributed by atoms with van der Waals surface area (Å²) >= 11 is 0. The van der Waals surface area contributed by atoms with E-state index in [0.717, 1.165) is 4.90 Å². The molecule has 2 aromatic heterocycles. The molecule has 0 unspecified atom stereocenters. The molecule has 0 bridgehead atoms. The molecule has 0 saturated carbocycles. The van der Waals surface area contributed by atoms with E-state index in [9.17, 15) is 14.0 Å². The topological polar surface area (TPSA) is 80.1 Å². The molecule has 1 atom stereocenters. The Hall–Kier alpha value is -3.55. The summed E-state index contributed by atoms with van der Waals surface area (Å²) in [6, 6.07) is 7.78. The minimum Gasteiger partial charge on any atom is -0.321 e. The third-order valence-corrected chi connectivity index (χ3v) is 4.57. The highest BCUT2D eigenvalue weighted by atomic mass is 19.1. The van der Waals surface area contributed by atoms with Crippen LogP contribution in [0.15, 0.2) is 48.8 Å². The summed E-state index contributed by atoms with van der Waals surface area (Å²) in [4.78, 5) is 30.4. The summed E-state index contributed by atoms with van der Waals surface area (Å²) in [5.74, 6) is -0.720. The Morgan fingerprint density at radius 3 is 2.33 bits per heavy atom. The van der Waals surface area contributed by atoms with Gasteiger partial charge in [-0.2, -0.15) is 5.10 Å². The number of anilines is 1. The first-order valence-corrected chi connectivity index (χ1v) is 8.34. The van der Waals surface area contributed by atoms with Crippen molar-refractivity contribution in [3.63, 3.8) is 0 Å². The number of hydrogen-bond acceptors (Lipinski definition) is 4. The molecule has 1 aliphatic heterocycles. The molecule has 27 heavy (non-hydrogen) atoms. The smallest absolute Gasteiger partial charge is 0.321 e. The monoisotopic (exact) mass is 365 g/mol. The van der Waals surface area contributed by atoms with Gasteiger partial charge in [0, 0.05) is 23.7 Å². The van der Waals surface area contributed by atoms with E-state index < -0.39 is 12.1 Å². The second-order valence-electron chi connectivity index (χ2n) is 6.23. The lowest BCUT2D eigenvalue weighted by molar-refractivity contribution is -0.118. The van der Waals surface area contributed by atoms with Gasteiger partial charge in [0.15, 0.2) is 0 Å². The number of urea groups is 1. The summed E-state index contributed by atoms with van der Waals surface area (Å²) in [7, 11) is 0. The SMILES string of the molecule is Cc1nn(-c2ccc(F)cc2)c(C)c1[C@@H]1NC(=O)N(c2ccncc2)C1=O. The predicted octanol–water partition coefficient (Wildman–Crippen LogP) is 2.82. The molecule has 136 valence electrons. The van der Waals surface area contributed by atoms with Crippen molar-refractivity contribution < 1.29 is 14.0 Å². The largest absolute Gasteiger partial charge is 0.329 e. The van der Waals surface area contributed by atoms with Crippen LogP contribution < -0.4 is 10.2 Å². The van der Waals surface area contributed by atoms with Gasteiger partial charge >= 0.3 is 6.03 Å². The molecule has 7 nitrogen and oxygen atoms in total. The molecule has 3 amide bonds. The van der Waals surface area contributed by atoms with Crippen LogP contribution in [0.1, 0.15) is 23.0 Å². The summed E-state index contributed by atoms with van der Waals surface area (Å²) in [6.07, 6.45) is 3.04. The Morgan fingerprint density at radius 1 is 1.00 bits per heavy atom. The molecule has 1 aliphatic rings. The molecule has 0 radical (unpaired) electrons. The van der Waals surface area contributed by atoms with Crippen LogP contribution in [-0.4, -0.2) is 26.7 Å². The van der Waals surface area contributed by atoms with Crippen LogP contribution in [-0.2, 0) is 4.79 Å². The molecule has 3 aromatic rings. The molecule has 4 rings (SSSR count). The minimum absolute atomic E-state index is 0.341. The van der Waals surface area contributed by atoms with Crippen LogP contribution in [0.5, 0.6) is 0 Å². The quantitative estimate of drug-likeness (QED) is 0.724. The van der Waals surface area contributed by atoms with Crippen molar-refractivity contribution in [2.24, 2.45) is 0 Å². The van der Waals surface area contributed by atoms with Crippen LogP contribution in [0.25, 0.3) is 5.69 Å². The van der Waals surface area contributed by atoms with E-state index in [4.69, 9.17) is 0 Å². The minimum atomic E-state index is -0.833. The summed E-state index contributed by atoms with van der Waals surface area (Å²) in [6.45, 7) is 3.59. The van der Waals surface area contributed by atoms with Gasteiger partial charge in [-0.05, 0) is 50.2 Å². The number of imide groups is 1. The Kier molecular flexibility index (Phi) is 3.95. The molecule has 1 saturated heterocycles. The first kappa shape index (κ1) is 16.9. The van der Waals surface area contributed by atoms with Gasteiger partial charge in [0.2, 0.25) is 0 Å². The molecule has 1 aromatic carbocycles. The average Bonchev–Trinajstić information content (AvgIpc) is 3.11. The van der Waals surface area contributed by atoms with Gasteiger partial charge < -0.3 is 5.32 Å². The number of aryl methyl sites for hydroxylation is 1. The van der Waals surface area contributed by atoms with Crippen LogP contribution in [0.3, 0.4) is 0 Å². The first-order chi connectivity index (χ1) is 13.0. The molecular weight excluding hydrogens is 349 g/mol. The van der Waals surface area contributed by atoms with Gasteiger partial charge in [-0.25, -0.2) is 18.8 Å². The maximum Gasteiger partial charge on any atom is 0.329 e. The highest BCUT2D eigenvalue weighted by molar-refractivity contribution is 6.21. The van der Waals surface area contributed by atoms with Crippen LogP contribution in [0.2, 0.25) is 0 Å². The molecule has 8 heteroatoms. The summed E-state index contributed by atoms with van der Waals surface area (Å²) < 4.78 is 14.8. The molecule has 3 heterocycles. The number of hydrogen-bond donors (Lipinski definition) is 1. The lowest BCUT2D eigenvalue weighted by atomic mass is 10.0. The molecule has 0 spiro atoms. The summed E-state index contributed by atoms with van der Waals surface area (Å²) in [5, 5.41) is 7.20. The Bertz CT molecular complexity index is 1030. The Morgan fingerprint density at radius 2 is 1.67 bits per heavy atom. The van der Waals surface area contributed by atoms with Crippen LogP contribution in [0.4, 0.5) is 14.9 Å². The lowest BCUT2D eigenvalue weighted by Gasteiger charge is -2.13. The number of rotatable bonds is 3.